The summed E-state index contributed by atoms with van der Waals surface area (Å²) in [5.74, 6) is 0. The van der Waals surface area contributed by atoms with Crippen LogP contribution in [0.3, 0.4) is 0 Å². The van der Waals surface area contributed by atoms with E-state index in [1.807, 2.05) is 0 Å². The Morgan fingerprint density at radius 2 is 2.39 bits per heavy atom. The predicted molar refractivity (Wildman–Crippen MR) is 63.4 cm³/mol. The lowest BCUT2D eigenvalue weighted by atomic mass is 10.2. The average molecular weight is 275 g/mol. The number of sulfonamides is 1. The van der Waals surface area contributed by atoms with Crippen LogP contribution in [0.5, 0.6) is 0 Å². The second-order valence-corrected chi connectivity index (χ2v) is 5.97. The van der Waals surface area contributed by atoms with Crippen LogP contribution in [0, 0.1) is 6.92 Å². The third-order valence-electron chi connectivity index (χ3n) is 2.90. The molecule has 0 aromatic carbocycles. The third-order valence-corrected chi connectivity index (χ3v) is 4.53. The minimum atomic E-state index is -3.66. The highest BCUT2D eigenvalue weighted by Gasteiger charge is 2.25. The highest BCUT2D eigenvalue weighted by molar-refractivity contribution is 7.89. The summed E-state index contributed by atoms with van der Waals surface area (Å²) < 4.78 is 32.1. The van der Waals surface area contributed by atoms with Gasteiger partial charge in [-0.05, 0) is 19.8 Å². The molecule has 1 aromatic heterocycles. The molecule has 2 rings (SSSR count). The van der Waals surface area contributed by atoms with Gasteiger partial charge in [0, 0.05) is 13.2 Å². The van der Waals surface area contributed by atoms with Gasteiger partial charge in [-0.15, -0.1) is 0 Å². The molecule has 7 nitrogen and oxygen atoms in total. The fourth-order valence-corrected chi connectivity index (χ4v) is 3.43. The Kier molecular flexibility index (Phi) is 4.00. The molecular formula is C10H17N3O4S. The van der Waals surface area contributed by atoms with E-state index in [0.717, 1.165) is 12.8 Å². The van der Waals surface area contributed by atoms with Crippen LogP contribution in [0.4, 0.5) is 0 Å². The molecule has 0 radical (unpaired) electrons. The topological polar surface area (TPSA) is 104 Å². The maximum Gasteiger partial charge on any atom is 0.244 e. The van der Waals surface area contributed by atoms with Gasteiger partial charge in [-0.3, -0.25) is 5.10 Å². The molecule has 102 valence electrons. The quantitative estimate of drug-likeness (QED) is 0.682. The standard InChI is InChI=1S/C10H17N3O4S/c1-7-10(9(6-14)13-12-7)18(15,16)11-5-8-3-2-4-17-8/h8,11,14H,2-6H2,1H3,(H,12,13). The van der Waals surface area contributed by atoms with E-state index < -0.39 is 16.6 Å². The van der Waals surface area contributed by atoms with E-state index in [1.165, 1.54) is 0 Å². The van der Waals surface area contributed by atoms with Crippen LogP contribution in [-0.2, 0) is 21.4 Å². The summed E-state index contributed by atoms with van der Waals surface area (Å²) in [6.07, 6.45) is 1.75. The van der Waals surface area contributed by atoms with E-state index >= 15 is 0 Å². The predicted octanol–water partition coefficient (Wildman–Crippen LogP) is -0.332. The van der Waals surface area contributed by atoms with Crippen molar-refractivity contribution in [2.75, 3.05) is 13.2 Å². The van der Waals surface area contributed by atoms with Crippen LogP contribution in [-0.4, -0.2) is 43.0 Å². The molecule has 1 saturated heterocycles. The molecule has 0 saturated carbocycles. The van der Waals surface area contributed by atoms with Crippen molar-refractivity contribution in [3.63, 3.8) is 0 Å². The van der Waals surface area contributed by atoms with Crippen LogP contribution in [0.2, 0.25) is 0 Å². The van der Waals surface area contributed by atoms with Gasteiger partial charge in [-0.25, -0.2) is 13.1 Å². The number of nitrogens with zero attached hydrogens (tertiary/aromatic N) is 1. The lowest BCUT2D eigenvalue weighted by molar-refractivity contribution is 0.114. The molecule has 2 heterocycles. The summed E-state index contributed by atoms with van der Waals surface area (Å²) in [5, 5.41) is 15.4. The van der Waals surface area contributed by atoms with Crippen molar-refractivity contribution in [1.29, 1.82) is 0 Å². The van der Waals surface area contributed by atoms with Crippen molar-refractivity contribution < 1.29 is 18.3 Å². The molecular weight excluding hydrogens is 258 g/mol. The van der Waals surface area contributed by atoms with Crippen molar-refractivity contribution >= 4 is 10.0 Å². The van der Waals surface area contributed by atoms with E-state index in [9.17, 15) is 8.42 Å². The number of H-pyrrole nitrogens is 1. The van der Waals surface area contributed by atoms with Crippen LogP contribution >= 0.6 is 0 Å². The largest absolute Gasteiger partial charge is 0.390 e. The Hall–Kier alpha value is -0.960. The first kappa shape index (κ1) is 13.5. The molecule has 1 aliphatic rings. The summed E-state index contributed by atoms with van der Waals surface area (Å²) in [5.41, 5.74) is 0.547. The monoisotopic (exact) mass is 275 g/mol. The first-order valence-corrected chi connectivity index (χ1v) is 7.29. The molecule has 1 fully saturated rings. The van der Waals surface area contributed by atoms with Gasteiger partial charge in [0.1, 0.15) is 10.6 Å². The van der Waals surface area contributed by atoms with Gasteiger partial charge in [-0.2, -0.15) is 5.10 Å². The van der Waals surface area contributed by atoms with Crippen LogP contribution in [0.25, 0.3) is 0 Å². The van der Waals surface area contributed by atoms with Crippen LogP contribution in [0.15, 0.2) is 4.90 Å². The maximum atomic E-state index is 12.1. The van der Waals surface area contributed by atoms with Gasteiger partial charge in [-0.1, -0.05) is 0 Å². The number of hydrogen-bond donors (Lipinski definition) is 3. The summed E-state index contributed by atoms with van der Waals surface area (Å²) in [7, 11) is -3.66. The SMILES string of the molecule is Cc1[nH]nc(CO)c1S(=O)(=O)NCC1CCCO1. The number of aromatic amines is 1. The molecule has 1 unspecified atom stereocenters. The summed E-state index contributed by atoms with van der Waals surface area (Å²) >= 11 is 0. The number of aliphatic hydroxyl groups is 1. The van der Waals surface area contributed by atoms with Crippen LogP contribution < -0.4 is 4.72 Å². The number of rotatable bonds is 5. The fraction of sp³-hybridized carbons (Fsp3) is 0.700. The fourth-order valence-electron chi connectivity index (χ4n) is 2.01. The van der Waals surface area contributed by atoms with Crippen molar-refractivity contribution in [3.05, 3.63) is 11.4 Å². The van der Waals surface area contributed by atoms with Gasteiger partial charge in [0.15, 0.2) is 0 Å². The zero-order chi connectivity index (χ0) is 13.2. The first-order chi connectivity index (χ1) is 8.54. The highest BCUT2D eigenvalue weighted by atomic mass is 32.2. The lowest BCUT2D eigenvalue weighted by Crippen LogP contribution is -2.32. The maximum absolute atomic E-state index is 12.1. The Morgan fingerprint density at radius 1 is 1.61 bits per heavy atom. The zero-order valence-electron chi connectivity index (χ0n) is 10.1. The molecule has 0 bridgehead atoms. The minimum Gasteiger partial charge on any atom is -0.390 e. The Bertz CT molecular complexity index is 505. The normalized spacial score (nSPS) is 20.4. The highest BCUT2D eigenvalue weighted by Crippen LogP contribution is 2.18. The smallest absolute Gasteiger partial charge is 0.244 e. The van der Waals surface area contributed by atoms with Gasteiger partial charge in [0.2, 0.25) is 10.0 Å². The number of ether oxygens (including phenoxy) is 1. The molecule has 1 atom stereocenters. The van der Waals surface area contributed by atoms with Gasteiger partial charge in [0.25, 0.3) is 0 Å². The Balaban J connectivity index is 2.11. The molecule has 8 heteroatoms. The average Bonchev–Trinajstić information content (AvgIpc) is 2.95. The van der Waals surface area contributed by atoms with E-state index in [-0.39, 0.29) is 23.2 Å². The number of nitrogens with one attached hydrogen (secondary N) is 2. The van der Waals surface area contributed by atoms with E-state index in [1.54, 1.807) is 6.92 Å². The van der Waals surface area contributed by atoms with Crippen molar-refractivity contribution in [1.82, 2.24) is 14.9 Å². The van der Waals surface area contributed by atoms with E-state index in [4.69, 9.17) is 9.84 Å². The first-order valence-electron chi connectivity index (χ1n) is 5.80. The molecule has 0 aliphatic carbocycles. The molecule has 0 spiro atoms. The molecule has 1 aromatic rings. The van der Waals surface area contributed by atoms with Crippen molar-refractivity contribution in [2.45, 2.75) is 37.4 Å². The van der Waals surface area contributed by atoms with Gasteiger partial charge < -0.3 is 9.84 Å². The summed E-state index contributed by atoms with van der Waals surface area (Å²) in [4.78, 5) is 0.0306. The summed E-state index contributed by atoms with van der Waals surface area (Å²) in [6.45, 7) is 2.12. The lowest BCUT2D eigenvalue weighted by Gasteiger charge is -2.11. The van der Waals surface area contributed by atoms with Gasteiger partial charge >= 0.3 is 0 Å². The molecule has 3 N–H and O–H groups in total. The number of aromatic nitrogens is 2. The van der Waals surface area contributed by atoms with E-state index in [2.05, 4.69) is 14.9 Å². The Labute approximate surface area is 106 Å². The Morgan fingerprint density at radius 3 is 3.00 bits per heavy atom. The molecule has 18 heavy (non-hydrogen) atoms. The minimum absolute atomic E-state index is 0.0306. The third kappa shape index (κ3) is 2.72. The van der Waals surface area contributed by atoms with Crippen LogP contribution in [0.1, 0.15) is 24.2 Å². The van der Waals surface area contributed by atoms with E-state index in [0.29, 0.717) is 12.3 Å². The number of hydrogen-bond acceptors (Lipinski definition) is 5. The van der Waals surface area contributed by atoms with Crippen molar-refractivity contribution in [2.24, 2.45) is 0 Å². The van der Waals surface area contributed by atoms with Gasteiger partial charge in [0.05, 0.1) is 18.4 Å². The zero-order valence-corrected chi connectivity index (χ0v) is 11.0. The summed E-state index contributed by atoms with van der Waals surface area (Å²) in [6, 6.07) is 0. The molecule has 1 aliphatic heterocycles. The number of aryl methyl sites for hydroxylation is 1. The van der Waals surface area contributed by atoms with Crippen molar-refractivity contribution in [3.8, 4) is 0 Å². The second kappa shape index (κ2) is 5.35. The number of aliphatic hydroxyl groups excluding tert-OH is 1. The molecule has 0 amide bonds. The second-order valence-electron chi connectivity index (χ2n) is 4.27.